The van der Waals surface area contributed by atoms with Crippen molar-refractivity contribution in [2.24, 2.45) is 5.92 Å². The van der Waals surface area contributed by atoms with Gasteiger partial charge in [-0.2, -0.15) is 0 Å². The first-order valence-electron chi connectivity index (χ1n) is 7.31. The van der Waals surface area contributed by atoms with E-state index in [9.17, 15) is 9.59 Å². The van der Waals surface area contributed by atoms with Gasteiger partial charge in [-0.3, -0.25) is 4.79 Å². The lowest BCUT2D eigenvalue weighted by Gasteiger charge is -2.07. The summed E-state index contributed by atoms with van der Waals surface area (Å²) in [6.07, 6.45) is 1.93. The SMILES string of the molecule is Cc1cccc(OC(=O)c2ccc(NC(=O)C3CC3)cc2)c1. The van der Waals surface area contributed by atoms with E-state index in [2.05, 4.69) is 5.32 Å². The maximum Gasteiger partial charge on any atom is 0.343 e. The molecule has 0 spiro atoms. The van der Waals surface area contributed by atoms with Gasteiger partial charge in [0.15, 0.2) is 0 Å². The van der Waals surface area contributed by atoms with Crippen LogP contribution in [0, 0.1) is 12.8 Å². The van der Waals surface area contributed by atoms with Crippen molar-refractivity contribution in [2.45, 2.75) is 19.8 Å². The maximum atomic E-state index is 12.1. The Bertz CT molecular complexity index is 703. The molecule has 1 aliphatic rings. The number of hydrogen-bond acceptors (Lipinski definition) is 3. The molecular weight excluding hydrogens is 278 g/mol. The average Bonchev–Trinajstić information content (AvgIpc) is 3.32. The Morgan fingerprint density at radius 3 is 2.45 bits per heavy atom. The van der Waals surface area contributed by atoms with Gasteiger partial charge in [0, 0.05) is 11.6 Å². The highest BCUT2D eigenvalue weighted by molar-refractivity contribution is 5.95. The fourth-order valence-corrected chi connectivity index (χ4v) is 2.12. The van der Waals surface area contributed by atoms with Crippen molar-refractivity contribution in [3.8, 4) is 5.75 Å². The van der Waals surface area contributed by atoms with Crippen molar-refractivity contribution in [1.82, 2.24) is 0 Å². The van der Waals surface area contributed by atoms with Crippen LogP contribution in [0.1, 0.15) is 28.8 Å². The van der Waals surface area contributed by atoms with E-state index in [1.165, 1.54) is 0 Å². The first-order valence-corrected chi connectivity index (χ1v) is 7.31. The van der Waals surface area contributed by atoms with Crippen LogP contribution in [-0.4, -0.2) is 11.9 Å². The summed E-state index contributed by atoms with van der Waals surface area (Å²) in [6, 6.07) is 14.1. The lowest BCUT2D eigenvalue weighted by Crippen LogP contribution is -2.13. The lowest BCUT2D eigenvalue weighted by molar-refractivity contribution is -0.117. The van der Waals surface area contributed by atoms with E-state index in [1.807, 2.05) is 25.1 Å². The summed E-state index contributed by atoms with van der Waals surface area (Å²) in [5.41, 5.74) is 2.18. The zero-order valence-electron chi connectivity index (χ0n) is 12.3. The normalized spacial score (nSPS) is 13.5. The van der Waals surface area contributed by atoms with Crippen LogP contribution >= 0.6 is 0 Å². The summed E-state index contributed by atoms with van der Waals surface area (Å²) in [4.78, 5) is 23.7. The molecule has 0 atom stereocenters. The highest BCUT2D eigenvalue weighted by Crippen LogP contribution is 2.30. The molecule has 1 saturated carbocycles. The minimum atomic E-state index is -0.411. The number of nitrogens with one attached hydrogen (secondary N) is 1. The van der Waals surface area contributed by atoms with E-state index in [0.29, 0.717) is 17.0 Å². The second kappa shape index (κ2) is 6.02. The van der Waals surface area contributed by atoms with Gasteiger partial charge < -0.3 is 10.1 Å². The molecule has 0 unspecified atom stereocenters. The van der Waals surface area contributed by atoms with Crippen molar-refractivity contribution in [3.63, 3.8) is 0 Å². The summed E-state index contributed by atoms with van der Waals surface area (Å²) in [7, 11) is 0. The molecule has 1 aliphatic carbocycles. The second-order valence-electron chi connectivity index (χ2n) is 5.55. The number of carbonyl (C=O) groups is 2. The largest absolute Gasteiger partial charge is 0.423 e. The third-order valence-electron chi connectivity index (χ3n) is 3.54. The fourth-order valence-electron chi connectivity index (χ4n) is 2.12. The molecule has 1 fully saturated rings. The molecule has 112 valence electrons. The van der Waals surface area contributed by atoms with Crippen LogP contribution in [0.15, 0.2) is 48.5 Å². The number of carbonyl (C=O) groups excluding carboxylic acids is 2. The number of aryl methyl sites for hydroxylation is 1. The molecule has 4 heteroatoms. The van der Waals surface area contributed by atoms with Gasteiger partial charge in [0.05, 0.1) is 5.56 Å². The summed E-state index contributed by atoms with van der Waals surface area (Å²) >= 11 is 0. The monoisotopic (exact) mass is 295 g/mol. The molecule has 0 bridgehead atoms. The van der Waals surface area contributed by atoms with Crippen LogP contribution in [0.5, 0.6) is 5.75 Å². The van der Waals surface area contributed by atoms with Gasteiger partial charge in [0.25, 0.3) is 0 Å². The molecule has 1 N–H and O–H groups in total. The standard InChI is InChI=1S/C18H17NO3/c1-12-3-2-4-16(11-12)22-18(21)14-7-9-15(10-8-14)19-17(20)13-5-6-13/h2-4,7-11,13H,5-6H2,1H3,(H,19,20). The van der Waals surface area contributed by atoms with Crippen LogP contribution in [0.25, 0.3) is 0 Å². The molecular formula is C18H17NO3. The molecule has 2 aromatic carbocycles. The molecule has 0 saturated heterocycles. The van der Waals surface area contributed by atoms with Gasteiger partial charge in [0.2, 0.25) is 5.91 Å². The molecule has 0 heterocycles. The third-order valence-corrected chi connectivity index (χ3v) is 3.54. The Balaban J connectivity index is 1.64. The smallest absolute Gasteiger partial charge is 0.343 e. The van der Waals surface area contributed by atoms with Crippen molar-refractivity contribution in [3.05, 3.63) is 59.7 Å². The molecule has 0 aromatic heterocycles. The van der Waals surface area contributed by atoms with Gasteiger partial charge in [-0.05, 0) is 61.7 Å². The van der Waals surface area contributed by atoms with Crippen molar-refractivity contribution >= 4 is 17.6 Å². The molecule has 22 heavy (non-hydrogen) atoms. The van der Waals surface area contributed by atoms with Crippen molar-refractivity contribution in [2.75, 3.05) is 5.32 Å². The quantitative estimate of drug-likeness (QED) is 0.693. The van der Waals surface area contributed by atoms with Gasteiger partial charge >= 0.3 is 5.97 Å². The predicted molar refractivity (Wildman–Crippen MR) is 83.9 cm³/mol. The molecule has 0 radical (unpaired) electrons. The zero-order valence-corrected chi connectivity index (χ0v) is 12.3. The average molecular weight is 295 g/mol. The topological polar surface area (TPSA) is 55.4 Å². The maximum absolute atomic E-state index is 12.1. The summed E-state index contributed by atoms with van der Waals surface area (Å²) in [5, 5.41) is 2.84. The van der Waals surface area contributed by atoms with E-state index >= 15 is 0 Å². The minimum absolute atomic E-state index is 0.0510. The zero-order chi connectivity index (χ0) is 15.5. The van der Waals surface area contributed by atoms with E-state index in [-0.39, 0.29) is 11.8 Å². The van der Waals surface area contributed by atoms with Crippen LogP contribution in [0.2, 0.25) is 0 Å². The fraction of sp³-hybridized carbons (Fsp3) is 0.222. The Kier molecular flexibility index (Phi) is 3.92. The van der Waals surface area contributed by atoms with Crippen LogP contribution in [0.4, 0.5) is 5.69 Å². The van der Waals surface area contributed by atoms with Gasteiger partial charge in [-0.1, -0.05) is 12.1 Å². The lowest BCUT2D eigenvalue weighted by atomic mass is 10.2. The molecule has 1 amide bonds. The van der Waals surface area contributed by atoms with Crippen LogP contribution < -0.4 is 10.1 Å². The highest BCUT2D eigenvalue weighted by atomic mass is 16.5. The number of amides is 1. The summed E-state index contributed by atoms with van der Waals surface area (Å²) < 4.78 is 5.32. The summed E-state index contributed by atoms with van der Waals surface area (Å²) in [5.74, 6) is 0.322. The first kappa shape index (κ1) is 14.3. The molecule has 2 aromatic rings. The number of hydrogen-bond donors (Lipinski definition) is 1. The van der Waals surface area contributed by atoms with E-state index < -0.39 is 5.97 Å². The van der Waals surface area contributed by atoms with Crippen molar-refractivity contribution < 1.29 is 14.3 Å². The number of ether oxygens (including phenoxy) is 1. The Labute approximate surface area is 129 Å². The van der Waals surface area contributed by atoms with Gasteiger partial charge in [-0.25, -0.2) is 4.79 Å². The highest BCUT2D eigenvalue weighted by Gasteiger charge is 2.29. The van der Waals surface area contributed by atoms with Crippen molar-refractivity contribution in [1.29, 1.82) is 0 Å². The van der Waals surface area contributed by atoms with E-state index in [4.69, 9.17) is 4.74 Å². The Morgan fingerprint density at radius 1 is 1.09 bits per heavy atom. The van der Waals surface area contributed by atoms with Crippen LogP contribution in [0.3, 0.4) is 0 Å². The number of anilines is 1. The Morgan fingerprint density at radius 2 is 1.82 bits per heavy atom. The van der Waals surface area contributed by atoms with Gasteiger partial charge in [0.1, 0.15) is 5.75 Å². The predicted octanol–water partition coefficient (Wildman–Crippen LogP) is 3.56. The molecule has 3 rings (SSSR count). The molecule has 0 aliphatic heterocycles. The Hall–Kier alpha value is -2.62. The van der Waals surface area contributed by atoms with E-state index in [1.54, 1.807) is 30.3 Å². The third kappa shape index (κ3) is 3.52. The number of rotatable bonds is 4. The number of benzene rings is 2. The second-order valence-corrected chi connectivity index (χ2v) is 5.55. The minimum Gasteiger partial charge on any atom is -0.423 e. The molecule has 4 nitrogen and oxygen atoms in total. The van der Waals surface area contributed by atoms with E-state index in [0.717, 1.165) is 18.4 Å². The summed E-state index contributed by atoms with van der Waals surface area (Å²) in [6.45, 7) is 1.94. The number of esters is 1. The van der Waals surface area contributed by atoms with Gasteiger partial charge in [-0.15, -0.1) is 0 Å². The van der Waals surface area contributed by atoms with Crippen LogP contribution in [-0.2, 0) is 4.79 Å². The first-order chi connectivity index (χ1) is 10.6.